The fourth-order valence-electron chi connectivity index (χ4n) is 3.38. The SMILES string of the molecule is Cc1cc(S(=O)(=O)N(C)C)ccc1OCC(=O)Nc1ccc(C(=O)N2CCN(C)CC2)cc1. The molecule has 1 N–H and O–H groups in total. The largest absolute Gasteiger partial charge is 0.483 e. The summed E-state index contributed by atoms with van der Waals surface area (Å²) >= 11 is 0. The molecule has 2 aromatic rings. The molecule has 0 saturated carbocycles. The average molecular weight is 475 g/mol. The summed E-state index contributed by atoms with van der Waals surface area (Å²) in [4.78, 5) is 29.1. The number of amides is 2. The van der Waals surface area contributed by atoms with E-state index in [0.717, 1.165) is 17.4 Å². The Morgan fingerprint density at radius 1 is 1.03 bits per heavy atom. The Balaban J connectivity index is 1.54. The van der Waals surface area contributed by atoms with Crippen LogP contribution >= 0.6 is 0 Å². The van der Waals surface area contributed by atoms with Crippen molar-refractivity contribution in [2.75, 3.05) is 59.2 Å². The van der Waals surface area contributed by atoms with E-state index in [9.17, 15) is 18.0 Å². The van der Waals surface area contributed by atoms with Gasteiger partial charge < -0.3 is 19.9 Å². The number of nitrogens with zero attached hydrogens (tertiary/aromatic N) is 3. The monoisotopic (exact) mass is 474 g/mol. The van der Waals surface area contributed by atoms with Gasteiger partial charge in [-0.2, -0.15) is 0 Å². The molecule has 9 nitrogen and oxygen atoms in total. The fraction of sp³-hybridized carbons (Fsp3) is 0.391. The van der Waals surface area contributed by atoms with Gasteiger partial charge in [-0.15, -0.1) is 0 Å². The van der Waals surface area contributed by atoms with E-state index >= 15 is 0 Å². The van der Waals surface area contributed by atoms with Crippen LogP contribution in [0.1, 0.15) is 15.9 Å². The number of hydrogen-bond donors (Lipinski definition) is 1. The lowest BCUT2D eigenvalue weighted by Crippen LogP contribution is -2.47. The molecular formula is C23H30N4O5S. The lowest BCUT2D eigenvalue weighted by molar-refractivity contribution is -0.118. The number of carbonyl (C=O) groups is 2. The first-order valence-electron chi connectivity index (χ1n) is 10.6. The van der Waals surface area contributed by atoms with Crippen LogP contribution in [0.25, 0.3) is 0 Å². The Kier molecular flexibility index (Phi) is 7.72. The number of piperazine rings is 1. The summed E-state index contributed by atoms with van der Waals surface area (Å²) in [6.07, 6.45) is 0. The van der Waals surface area contributed by atoms with E-state index in [1.54, 1.807) is 31.2 Å². The molecule has 0 bridgehead atoms. The molecule has 0 radical (unpaired) electrons. The quantitative estimate of drug-likeness (QED) is 0.655. The topological polar surface area (TPSA) is 99.3 Å². The number of hydrogen-bond acceptors (Lipinski definition) is 6. The predicted molar refractivity (Wildman–Crippen MR) is 126 cm³/mol. The highest BCUT2D eigenvalue weighted by atomic mass is 32.2. The molecule has 178 valence electrons. The Morgan fingerprint density at radius 2 is 1.67 bits per heavy atom. The second-order valence-electron chi connectivity index (χ2n) is 8.22. The second-order valence-corrected chi connectivity index (χ2v) is 10.4. The maximum atomic E-state index is 12.6. The van der Waals surface area contributed by atoms with Crippen LogP contribution in [-0.2, 0) is 14.8 Å². The molecule has 0 atom stereocenters. The number of aryl methyl sites for hydroxylation is 1. The van der Waals surface area contributed by atoms with Gasteiger partial charge in [0.1, 0.15) is 5.75 Å². The highest BCUT2D eigenvalue weighted by Crippen LogP contribution is 2.23. The number of likely N-dealkylation sites (N-methyl/N-ethyl adjacent to an activating group) is 1. The summed E-state index contributed by atoms with van der Waals surface area (Å²) in [6, 6.07) is 11.3. The molecule has 3 rings (SSSR count). The van der Waals surface area contributed by atoms with Gasteiger partial charge in [0.15, 0.2) is 6.61 Å². The van der Waals surface area contributed by atoms with Crippen LogP contribution in [0.2, 0.25) is 0 Å². The van der Waals surface area contributed by atoms with E-state index in [4.69, 9.17) is 4.74 Å². The molecule has 1 fully saturated rings. The van der Waals surface area contributed by atoms with Gasteiger partial charge in [0, 0.05) is 51.5 Å². The molecule has 1 aliphatic rings. The van der Waals surface area contributed by atoms with Crippen molar-refractivity contribution in [2.45, 2.75) is 11.8 Å². The highest BCUT2D eigenvalue weighted by molar-refractivity contribution is 7.89. The molecule has 0 aromatic heterocycles. The van der Waals surface area contributed by atoms with Crippen LogP contribution in [-0.4, -0.2) is 88.3 Å². The van der Waals surface area contributed by atoms with Crippen LogP contribution < -0.4 is 10.1 Å². The molecule has 0 aliphatic carbocycles. The molecule has 2 amide bonds. The van der Waals surface area contributed by atoms with Gasteiger partial charge >= 0.3 is 0 Å². The van der Waals surface area contributed by atoms with Crippen LogP contribution in [0.5, 0.6) is 5.75 Å². The van der Waals surface area contributed by atoms with E-state index < -0.39 is 10.0 Å². The number of rotatable bonds is 7. The van der Waals surface area contributed by atoms with E-state index in [2.05, 4.69) is 10.2 Å². The molecule has 1 aliphatic heterocycles. The zero-order valence-electron chi connectivity index (χ0n) is 19.4. The number of ether oxygens (including phenoxy) is 1. The van der Waals surface area contributed by atoms with E-state index in [1.165, 1.54) is 32.3 Å². The Hall–Kier alpha value is -2.95. The third-order valence-electron chi connectivity index (χ3n) is 5.49. The summed E-state index contributed by atoms with van der Waals surface area (Å²) in [5, 5.41) is 2.74. The smallest absolute Gasteiger partial charge is 0.262 e. The van der Waals surface area contributed by atoms with Crippen molar-refractivity contribution in [1.82, 2.24) is 14.1 Å². The highest BCUT2D eigenvalue weighted by Gasteiger charge is 2.21. The zero-order chi connectivity index (χ0) is 24.2. The van der Waals surface area contributed by atoms with Gasteiger partial charge in [-0.05, 0) is 62.0 Å². The lowest BCUT2D eigenvalue weighted by Gasteiger charge is -2.32. The second kappa shape index (κ2) is 10.3. The lowest BCUT2D eigenvalue weighted by atomic mass is 10.1. The standard InChI is InChI=1S/C23H30N4O5S/c1-17-15-20(33(30,31)25(2)3)9-10-21(17)32-16-22(28)24-19-7-5-18(6-8-19)23(29)27-13-11-26(4)12-14-27/h5-10,15H,11-14,16H2,1-4H3,(H,24,28). The van der Waals surface area contributed by atoms with Crippen molar-refractivity contribution in [3.8, 4) is 5.75 Å². The third kappa shape index (κ3) is 6.10. The van der Waals surface area contributed by atoms with Crippen molar-refractivity contribution in [3.05, 3.63) is 53.6 Å². The van der Waals surface area contributed by atoms with Gasteiger partial charge in [-0.3, -0.25) is 9.59 Å². The molecule has 0 unspecified atom stereocenters. The van der Waals surface area contributed by atoms with Gasteiger partial charge in [-0.25, -0.2) is 12.7 Å². The summed E-state index contributed by atoms with van der Waals surface area (Å²) < 4.78 is 31.2. The molecule has 1 saturated heterocycles. The van der Waals surface area contributed by atoms with Crippen LogP contribution in [0.4, 0.5) is 5.69 Å². The molecule has 33 heavy (non-hydrogen) atoms. The number of carbonyl (C=O) groups excluding carboxylic acids is 2. The Morgan fingerprint density at radius 3 is 2.24 bits per heavy atom. The molecular weight excluding hydrogens is 444 g/mol. The van der Waals surface area contributed by atoms with Gasteiger partial charge in [0.2, 0.25) is 10.0 Å². The minimum Gasteiger partial charge on any atom is -0.483 e. The van der Waals surface area contributed by atoms with Gasteiger partial charge in [0.05, 0.1) is 4.90 Å². The van der Waals surface area contributed by atoms with Gasteiger partial charge in [-0.1, -0.05) is 0 Å². The van der Waals surface area contributed by atoms with Crippen molar-refractivity contribution in [3.63, 3.8) is 0 Å². The summed E-state index contributed by atoms with van der Waals surface area (Å²) in [5.74, 6) is 0.0491. The number of anilines is 1. The minimum atomic E-state index is -3.54. The minimum absolute atomic E-state index is 0.0143. The number of benzene rings is 2. The van der Waals surface area contributed by atoms with Crippen LogP contribution in [0.3, 0.4) is 0 Å². The summed E-state index contributed by atoms with van der Waals surface area (Å²) in [6.45, 7) is 4.60. The summed E-state index contributed by atoms with van der Waals surface area (Å²) in [5.41, 5.74) is 1.75. The first kappa shape index (κ1) is 24.7. The molecule has 1 heterocycles. The van der Waals surface area contributed by atoms with Crippen LogP contribution in [0, 0.1) is 6.92 Å². The average Bonchev–Trinajstić information content (AvgIpc) is 2.78. The predicted octanol–water partition coefficient (Wildman–Crippen LogP) is 1.65. The normalized spacial score (nSPS) is 14.9. The maximum absolute atomic E-state index is 12.6. The van der Waals surface area contributed by atoms with Crippen molar-refractivity contribution in [2.24, 2.45) is 0 Å². The first-order chi connectivity index (χ1) is 15.6. The Labute approximate surface area is 195 Å². The number of nitrogens with one attached hydrogen (secondary N) is 1. The van der Waals surface area contributed by atoms with E-state index in [-0.39, 0.29) is 23.3 Å². The fourth-order valence-corrected chi connectivity index (χ4v) is 4.37. The molecule has 2 aromatic carbocycles. The third-order valence-corrected chi connectivity index (χ3v) is 7.30. The molecule has 10 heteroatoms. The van der Waals surface area contributed by atoms with Crippen molar-refractivity contribution in [1.29, 1.82) is 0 Å². The Bertz CT molecular complexity index is 1110. The molecule has 0 spiro atoms. The van der Waals surface area contributed by atoms with E-state index in [0.29, 0.717) is 35.7 Å². The van der Waals surface area contributed by atoms with Crippen molar-refractivity contribution >= 4 is 27.5 Å². The number of sulfonamides is 1. The van der Waals surface area contributed by atoms with Gasteiger partial charge in [0.25, 0.3) is 11.8 Å². The maximum Gasteiger partial charge on any atom is 0.262 e. The van der Waals surface area contributed by atoms with Crippen molar-refractivity contribution < 1.29 is 22.7 Å². The van der Waals surface area contributed by atoms with E-state index in [1.807, 2.05) is 11.9 Å². The zero-order valence-corrected chi connectivity index (χ0v) is 20.2. The first-order valence-corrected chi connectivity index (χ1v) is 12.1. The summed E-state index contributed by atoms with van der Waals surface area (Å²) in [7, 11) is 1.43. The van der Waals surface area contributed by atoms with Crippen LogP contribution in [0.15, 0.2) is 47.4 Å².